The number of aryl methyl sites for hydroxylation is 1. The summed E-state index contributed by atoms with van der Waals surface area (Å²) in [5.41, 5.74) is 1.44. The Bertz CT molecular complexity index is 1080. The van der Waals surface area contributed by atoms with Gasteiger partial charge in [-0.05, 0) is 38.5 Å². The van der Waals surface area contributed by atoms with Gasteiger partial charge in [0.2, 0.25) is 11.8 Å². The number of nitrogens with zero attached hydrogens (tertiary/aromatic N) is 3. The average Bonchev–Trinajstić information content (AvgIpc) is 3.19. The van der Waals surface area contributed by atoms with Crippen molar-refractivity contribution in [2.24, 2.45) is 0 Å². The largest absolute Gasteiger partial charge is 0.496 e. The number of benzene rings is 1. The minimum atomic E-state index is -0.624. The number of halogens is 1. The molecule has 1 aliphatic heterocycles. The molecular formula is C23H29ClN4O4S2. The molecule has 0 bridgehead atoms. The van der Waals surface area contributed by atoms with Gasteiger partial charge in [0.15, 0.2) is 5.13 Å². The second-order valence-corrected chi connectivity index (χ2v) is 12.0. The van der Waals surface area contributed by atoms with Crippen molar-refractivity contribution in [3.8, 4) is 5.75 Å². The maximum atomic E-state index is 13.3. The Morgan fingerprint density at radius 1 is 1.21 bits per heavy atom. The Kier molecular flexibility index (Phi) is 8.48. The lowest BCUT2D eigenvalue weighted by Gasteiger charge is -2.34. The van der Waals surface area contributed by atoms with Crippen LogP contribution in [0.15, 0.2) is 27.4 Å². The molecule has 1 saturated heterocycles. The van der Waals surface area contributed by atoms with E-state index >= 15 is 0 Å². The molecule has 1 aromatic heterocycles. The summed E-state index contributed by atoms with van der Waals surface area (Å²) in [4.78, 5) is 45.1. The predicted octanol–water partition coefficient (Wildman–Crippen LogP) is 4.26. The molecule has 3 rings (SSSR count). The van der Waals surface area contributed by atoms with Gasteiger partial charge >= 0.3 is 0 Å². The molecule has 1 aromatic carbocycles. The van der Waals surface area contributed by atoms with E-state index in [0.29, 0.717) is 42.6 Å². The van der Waals surface area contributed by atoms with Gasteiger partial charge in [0.1, 0.15) is 5.75 Å². The summed E-state index contributed by atoms with van der Waals surface area (Å²) in [6, 6.07) is 3.69. The van der Waals surface area contributed by atoms with Gasteiger partial charge in [-0.25, -0.2) is 4.98 Å². The number of aromatic nitrogens is 1. The van der Waals surface area contributed by atoms with Crippen molar-refractivity contribution in [2.45, 2.75) is 48.1 Å². The molecule has 34 heavy (non-hydrogen) atoms. The number of methoxy groups -OCH3 is 1. The SMILES string of the molecule is COc1cc(C)c(Sc2cnc(NC(=O)CC(C)(C)Cl)s2)cc1C(=O)N1CCN(C(C)=O)CC1. The molecule has 0 unspecified atom stereocenters. The Balaban J connectivity index is 1.74. The van der Waals surface area contributed by atoms with Crippen LogP contribution in [-0.4, -0.2) is 70.7 Å². The van der Waals surface area contributed by atoms with E-state index in [4.69, 9.17) is 16.3 Å². The van der Waals surface area contributed by atoms with Crippen LogP contribution in [0.5, 0.6) is 5.75 Å². The van der Waals surface area contributed by atoms with Crippen LogP contribution in [0.4, 0.5) is 5.13 Å². The van der Waals surface area contributed by atoms with Gasteiger partial charge in [0.25, 0.3) is 5.91 Å². The molecular weight excluding hydrogens is 496 g/mol. The zero-order valence-corrected chi connectivity index (χ0v) is 22.3. The van der Waals surface area contributed by atoms with Crippen LogP contribution in [0, 0.1) is 6.92 Å². The molecule has 11 heteroatoms. The molecule has 0 radical (unpaired) electrons. The monoisotopic (exact) mass is 524 g/mol. The van der Waals surface area contributed by atoms with Gasteiger partial charge in [-0.3, -0.25) is 14.4 Å². The first-order valence-corrected chi connectivity index (χ1v) is 12.8. The highest BCUT2D eigenvalue weighted by Crippen LogP contribution is 2.38. The second kappa shape index (κ2) is 11.0. The molecule has 8 nitrogen and oxygen atoms in total. The number of anilines is 1. The normalized spacial score (nSPS) is 14.2. The number of rotatable bonds is 7. The number of carbonyl (C=O) groups is 3. The molecule has 0 aliphatic carbocycles. The minimum absolute atomic E-state index is 0.0187. The summed E-state index contributed by atoms with van der Waals surface area (Å²) in [6.07, 6.45) is 1.88. The van der Waals surface area contributed by atoms with E-state index in [9.17, 15) is 14.4 Å². The molecule has 2 heterocycles. The fourth-order valence-corrected chi connectivity index (χ4v) is 5.60. The Morgan fingerprint density at radius 3 is 2.44 bits per heavy atom. The fourth-order valence-electron chi connectivity index (χ4n) is 3.52. The number of amides is 3. The maximum absolute atomic E-state index is 13.3. The zero-order valence-electron chi connectivity index (χ0n) is 19.9. The molecule has 0 saturated carbocycles. The van der Waals surface area contributed by atoms with Crippen molar-refractivity contribution in [1.29, 1.82) is 0 Å². The maximum Gasteiger partial charge on any atom is 0.257 e. The van der Waals surface area contributed by atoms with Gasteiger partial charge < -0.3 is 19.9 Å². The van der Waals surface area contributed by atoms with Crippen LogP contribution in [0.2, 0.25) is 0 Å². The smallest absolute Gasteiger partial charge is 0.257 e. The Labute approximate surface area is 213 Å². The van der Waals surface area contributed by atoms with Crippen LogP contribution >= 0.6 is 34.7 Å². The summed E-state index contributed by atoms with van der Waals surface area (Å²) in [7, 11) is 1.55. The third kappa shape index (κ3) is 6.86. The summed E-state index contributed by atoms with van der Waals surface area (Å²) in [5, 5.41) is 3.28. The second-order valence-electron chi connectivity index (χ2n) is 8.65. The first-order chi connectivity index (χ1) is 16.0. The highest BCUT2D eigenvalue weighted by atomic mass is 35.5. The van der Waals surface area contributed by atoms with E-state index in [1.54, 1.807) is 43.9 Å². The lowest BCUT2D eigenvalue weighted by molar-refractivity contribution is -0.130. The minimum Gasteiger partial charge on any atom is -0.496 e. The molecule has 1 fully saturated rings. The van der Waals surface area contributed by atoms with Crippen LogP contribution < -0.4 is 10.1 Å². The van der Waals surface area contributed by atoms with Crippen molar-refractivity contribution in [2.75, 3.05) is 38.6 Å². The van der Waals surface area contributed by atoms with E-state index in [-0.39, 0.29) is 24.1 Å². The Hall–Kier alpha value is -2.30. The molecule has 1 aliphatic rings. The lowest BCUT2D eigenvalue weighted by atomic mass is 10.1. The highest BCUT2D eigenvalue weighted by Gasteiger charge is 2.26. The van der Waals surface area contributed by atoms with Crippen molar-refractivity contribution < 1.29 is 19.1 Å². The summed E-state index contributed by atoms with van der Waals surface area (Å²) in [5.74, 6) is 0.221. The molecule has 1 N–H and O–H groups in total. The van der Waals surface area contributed by atoms with Crippen LogP contribution in [0.25, 0.3) is 0 Å². The standard InChI is InChI=1S/C23H29ClN4O4S2/c1-14-10-17(32-5)16(21(31)28-8-6-27(7-9-28)15(2)29)11-18(14)33-20-13-25-22(34-20)26-19(30)12-23(3,4)24/h10-11,13H,6-9,12H2,1-5H3,(H,25,26,30). The van der Waals surface area contributed by atoms with Gasteiger partial charge in [-0.1, -0.05) is 23.1 Å². The lowest BCUT2D eigenvalue weighted by Crippen LogP contribution is -2.50. The fraction of sp³-hybridized carbons (Fsp3) is 0.478. The van der Waals surface area contributed by atoms with Crippen LogP contribution in [0.1, 0.15) is 43.1 Å². The van der Waals surface area contributed by atoms with Crippen molar-refractivity contribution in [3.63, 3.8) is 0 Å². The number of hydrogen-bond acceptors (Lipinski definition) is 7. The van der Waals surface area contributed by atoms with Gasteiger partial charge in [0.05, 0.1) is 23.1 Å². The van der Waals surface area contributed by atoms with E-state index in [2.05, 4.69) is 10.3 Å². The number of carbonyl (C=O) groups excluding carboxylic acids is 3. The average molecular weight is 525 g/mol. The molecule has 2 aromatic rings. The molecule has 0 spiro atoms. The van der Waals surface area contributed by atoms with Crippen molar-refractivity contribution in [3.05, 3.63) is 29.5 Å². The zero-order chi connectivity index (χ0) is 25.0. The van der Waals surface area contributed by atoms with Crippen molar-refractivity contribution in [1.82, 2.24) is 14.8 Å². The topological polar surface area (TPSA) is 91.8 Å². The quantitative estimate of drug-likeness (QED) is 0.544. The molecule has 184 valence electrons. The highest BCUT2D eigenvalue weighted by molar-refractivity contribution is 8.01. The number of hydrogen-bond donors (Lipinski definition) is 1. The van der Waals surface area contributed by atoms with E-state index in [1.165, 1.54) is 23.1 Å². The van der Waals surface area contributed by atoms with Crippen LogP contribution in [0.3, 0.4) is 0 Å². The summed E-state index contributed by atoms with van der Waals surface area (Å²) >= 11 is 8.96. The van der Waals surface area contributed by atoms with E-state index in [1.807, 2.05) is 19.1 Å². The Morgan fingerprint density at radius 2 is 1.85 bits per heavy atom. The van der Waals surface area contributed by atoms with Gasteiger partial charge in [-0.2, -0.15) is 0 Å². The summed E-state index contributed by atoms with van der Waals surface area (Å²) in [6.45, 7) is 9.07. The number of alkyl halides is 1. The number of ether oxygens (including phenoxy) is 1. The first-order valence-electron chi connectivity index (χ1n) is 10.8. The van der Waals surface area contributed by atoms with Crippen molar-refractivity contribution >= 4 is 57.6 Å². The predicted molar refractivity (Wildman–Crippen MR) is 135 cm³/mol. The number of nitrogens with one attached hydrogen (secondary N) is 1. The third-order valence-corrected chi connectivity index (χ3v) is 7.57. The summed E-state index contributed by atoms with van der Waals surface area (Å²) < 4.78 is 6.38. The van der Waals surface area contributed by atoms with E-state index < -0.39 is 4.87 Å². The van der Waals surface area contributed by atoms with Gasteiger partial charge in [-0.15, -0.1) is 11.6 Å². The molecule has 0 atom stereocenters. The van der Waals surface area contributed by atoms with Gasteiger partial charge in [0, 0.05) is 49.3 Å². The number of piperazine rings is 1. The first kappa shape index (κ1) is 26.3. The van der Waals surface area contributed by atoms with Crippen LogP contribution in [-0.2, 0) is 9.59 Å². The van der Waals surface area contributed by atoms with E-state index in [0.717, 1.165) is 14.7 Å². The third-order valence-electron chi connectivity index (χ3n) is 5.26. The molecule has 3 amide bonds. The number of thiazole rings is 1.